The van der Waals surface area contributed by atoms with Gasteiger partial charge in [0.2, 0.25) is 10.0 Å². The van der Waals surface area contributed by atoms with Gasteiger partial charge < -0.3 is 5.11 Å². The molecule has 0 radical (unpaired) electrons. The molecule has 0 saturated heterocycles. The van der Waals surface area contributed by atoms with Crippen LogP contribution in [0.3, 0.4) is 0 Å². The second kappa shape index (κ2) is 5.30. The normalized spacial score (nSPS) is 15.6. The fourth-order valence-corrected chi connectivity index (χ4v) is 3.46. The van der Waals surface area contributed by atoms with Crippen LogP contribution >= 0.6 is 11.3 Å². The Kier molecular flexibility index (Phi) is 3.55. The average Bonchev–Trinajstić information content (AvgIpc) is 3.07. The summed E-state index contributed by atoms with van der Waals surface area (Å²) in [6, 6.07) is 8.24. The van der Waals surface area contributed by atoms with E-state index in [1.54, 1.807) is 17.5 Å². The van der Waals surface area contributed by atoms with Gasteiger partial charge in [0, 0.05) is 4.88 Å². The third-order valence-electron chi connectivity index (χ3n) is 3.25. The summed E-state index contributed by atoms with van der Waals surface area (Å²) in [5.41, 5.74) is 0.0750. The molecular weight excluding hydrogens is 340 g/mol. The third-order valence-corrected chi connectivity index (χ3v) is 5.07. The van der Waals surface area contributed by atoms with Gasteiger partial charge in [0.25, 0.3) is 5.91 Å². The standard InChI is InChI=1S/C14H10N2O5S2/c15-23(20,21)9-5-3-8(4-6-9)16-13(18)11(12(17)14(16)19)10-2-1-7-22-10/h1-7,17H,(H2,15,20,21). The minimum atomic E-state index is -3.87. The third kappa shape index (κ3) is 2.54. The lowest BCUT2D eigenvalue weighted by molar-refractivity contribution is -0.121. The SMILES string of the molecule is NS(=O)(=O)c1ccc(N2C(=O)C(O)=C(c3cccs3)C2=O)cc1. The van der Waals surface area contributed by atoms with Crippen LogP contribution in [0.5, 0.6) is 0 Å². The van der Waals surface area contributed by atoms with Crippen molar-refractivity contribution in [2.75, 3.05) is 4.90 Å². The molecule has 0 bridgehead atoms. The van der Waals surface area contributed by atoms with Crippen molar-refractivity contribution in [1.82, 2.24) is 0 Å². The van der Waals surface area contributed by atoms with Gasteiger partial charge in [-0.1, -0.05) is 6.07 Å². The lowest BCUT2D eigenvalue weighted by atomic mass is 10.2. The summed E-state index contributed by atoms with van der Waals surface area (Å²) in [6.45, 7) is 0. The Morgan fingerprint density at radius 1 is 1.04 bits per heavy atom. The first kappa shape index (κ1) is 15.4. The molecular formula is C14H10N2O5S2. The van der Waals surface area contributed by atoms with Gasteiger partial charge >= 0.3 is 5.91 Å². The number of nitrogens with zero attached hydrogens (tertiary/aromatic N) is 1. The predicted octanol–water partition coefficient (Wildman–Crippen LogP) is 1.24. The molecule has 7 nitrogen and oxygen atoms in total. The van der Waals surface area contributed by atoms with Crippen molar-refractivity contribution in [3.05, 3.63) is 52.4 Å². The van der Waals surface area contributed by atoms with Crippen LogP contribution in [-0.4, -0.2) is 25.3 Å². The molecule has 1 aromatic heterocycles. The van der Waals surface area contributed by atoms with E-state index in [0.717, 1.165) is 4.90 Å². The number of nitrogens with two attached hydrogens (primary N) is 1. The Labute approximate surface area is 135 Å². The van der Waals surface area contributed by atoms with Gasteiger partial charge in [-0.2, -0.15) is 0 Å². The molecule has 0 atom stereocenters. The van der Waals surface area contributed by atoms with Crippen molar-refractivity contribution in [1.29, 1.82) is 0 Å². The van der Waals surface area contributed by atoms with Gasteiger partial charge in [0.15, 0.2) is 5.76 Å². The van der Waals surface area contributed by atoms with Crippen LogP contribution in [0.25, 0.3) is 5.57 Å². The number of primary sulfonamides is 1. The van der Waals surface area contributed by atoms with E-state index < -0.39 is 27.6 Å². The molecule has 0 unspecified atom stereocenters. The molecule has 3 rings (SSSR count). The first-order chi connectivity index (χ1) is 10.8. The number of imide groups is 1. The Morgan fingerprint density at radius 2 is 1.70 bits per heavy atom. The maximum Gasteiger partial charge on any atom is 0.301 e. The zero-order valence-electron chi connectivity index (χ0n) is 11.5. The van der Waals surface area contributed by atoms with E-state index >= 15 is 0 Å². The fourth-order valence-electron chi connectivity index (χ4n) is 2.18. The number of aliphatic hydroxyl groups excluding tert-OH is 1. The van der Waals surface area contributed by atoms with Crippen molar-refractivity contribution in [3.8, 4) is 0 Å². The van der Waals surface area contributed by atoms with Crippen LogP contribution in [0, 0.1) is 0 Å². The second-order valence-corrected chi connectivity index (χ2v) is 7.19. The molecule has 0 aliphatic carbocycles. The van der Waals surface area contributed by atoms with E-state index in [9.17, 15) is 23.1 Å². The number of aliphatic hydroxyl groups is 1. The molecule has 2 aromatic rings. The Bertz CT molecular complexity index is 928. The number of carbonyl (C=O) groups excluding carboxylic acids is 2. The largest absolute Gasteiger partial charge is 0.502 e. The van der Waals surface area contributed by atoms with Crippen molar-refractivity contribution < 1.29 is 23.1 Å². The molecule has 0 saturated carbocycles. The topological polar surface area (TPSA) is 118 Å². The van der Waals surface area contributed by atoms with E-state index in [2.05, 4.69) is 0 Å². The van der Waals surface area contributed by atoms with E-state index in [1.807, 2.05) is 0 Å². The van der Waals surface area contributed by atoms with Gasteiger partial charge in [-0.15, -0.1) is 11.3 Å². The molecule has 9 heteroatoms. The van der Waals surface area contributed by atoms with Crippen LogP contribution in [0.1, 0.15) is 4.88 Å². The van der Waals surface area contributed by atoms with Crippen LogP contribution in [-0.2, 0) is 19.6 Å². The number of anilines is 1. The summed E-state index contributed by atoms with van der Waals surface area (Å²) >= 11 is 1.22. The van der Waals surface area contributed by atoms with Crippen LogP contribution in [0.4, 0.5) is 5.69 Å². The molecule has 118 valence electrons. The first-order valence-electron chi connectivity index (χ1n) is 6.29. The number of rotatable bonds is 3. The van der Waals surface area contributed by atoms with Gasteiger partial charge in [0.05, 0.1) is 10.6 Å². The van der Waals surface area contributed by atoms with Gasteiger partial charge in [-0.3, -0.25) is 9.59 Å². The Morgan fingerprint density at radius 3 is 2.22 bits per heavy atom. The lowest BCUT2D eigenvalue weighted by Crippen LogP contribution is -2.31. The summed E-state index contributed by atoms with van der Waals surface area (Å²) in [7, 11) is -3.87. The molecule has 1 aromatic carbocycles. The highest BCUT2D eigenvalue weighted by molar-refractivity contribution is 7.89. The predicted molar refractivity (Wildman–Crippen MR) is 84.2 cm³/mol. The summed E-state index contributed by atoms with van der Waals surface area (Å²) in [6.07, 6.45) is 0. The van der Waals surface area contributed by atoms with Crippen molar-refractivity contribution in [2.45, 2.75) is 4.90 Å². The summed E-state index contributed by atoms with van der Waals surface area (Å²) in [5, 5.41) is 16.7. The van der Waals surface area contributed by atoms with E-state index in [4.69, 9.17) is 5.14 Å². The summed E-state index contributed by atoms with van der Waals surface area (Å²) < 4.78 is 22.5. The highest BCUT2D eigenvalue weighted by Crippen LogP contribution is 2.33. The molecule has 1 aliphatic rings. The molecule has 2 amide bonds. The Balaban J connectivity index is 2.00. The molecule has 0 spiro atoms. The molecule has 23 heavy (non-hydrogen) atoms. The van der Waals surface area contributed by atoms with Gasteiger partial charge in [0.1, 0.15) is 5.57 Å². The van der Waals surface area contributed by atoms with Crippen molar-refractivity contribution in [2.24, 2.45) is 5.14 Å². The summed E-state index contributed by atoms with van der Waals surface area (Å²) in [5.74, 6) is -2.16. The number of hydrogen-bond acceptors (Lipinski definition) is 6. The van der Waals surface area contributed by atoms with Gasteiger partial charge in [-0.25, -0.2) is 18.5 Å². The quantitative estimate of drug-likeness (QED) is 0.808. The highest BCUT2D eigenvalue weighted by Gasteiger charge is 2.40. The molecule has 1 aliphatic heterocycles. The number of carbonyl (C=O) groups is 2. The smallest absolute Gasteiger partial charge is 0.301 e. The zero-order valence-corrected chi connectivity index (χ0v) is 13.1. The second-order valence-electron chi connectivity index (χ2n) is 4.69. The van der Waals surface area contributed by atoms with E-state index in [0.29, 0.717) is 4.88 Å². The maximum atomic E-state index is 12.5. The fraction of sp³-hybridized carbons (Fsp3) is 0. The minimum absolute atomic E-state index is 0.0690. The van der Waals surface area contributed by atoms with Crippen molar-refractivity contribution >= 4 is 44.4 Å². The van der Waals surface area contributed by atoms with Gasteiger partial charge in [-0.05, 0) is 35.7 Å². The number of amides is 2. The van der Waals surface area contributed by atoms with Crippen LogP contribution in [0.15, 0.2) is 52.4 Å². The monoisotopic (exact) mass is 350 g/mol. The van der Waals surface area contributed by atoms with E-state index in [1.165, 1.54) is 35.6 Å². The van der Waals surface area contributed by atoms with E-state index in [-0.39, 0.29) is 16.2 Å². The number of thiophene rings is 1. The average molecular weight is 350 g/mol. The maximum absolute atomic E-state index is 12.5. The van der Waals surface area contributed by atoms with Crippen molar-refractivity contribution in [3.63, 3.8) is 0 Å². The number of benzene rings is 1. The molecule has 0 fully saturated rings. The molecule has 3 N–H and O–H groups in total. The minimum Gasteiger partial charge on any atom is -0.502 e. The van der Waals surface area contributed by atoms with Crippen LogP contribution < -0.4 is 10.0 Å². The zero-order chi connectivity index (χ0) is 16.8. The summed E-state index contributed by atoms with van der Waals surface area (Å²) in [4.78, 5) is 25.7. The number of hydrogen-bond donors (Lipinski definition) is 2. The highest BCUT2D eigenvalue weighted by atomic mass is 32.2. The number of sulfonamides is 1. The first-order valence-corrected chi connectivity index (χ1v) is 8.72. The van der Waals surface area contributed by atoms with Crippen LogP contribution in [0.2, 0.25) is 0 Å². The lowest BCUT2D eigenvalue weighted by Gasteiger charge is -2.14. The molecule has 2 heterocycles. The Hall–Kier alpha value is -2.49.